The fourth-order valence-corrected chi connectivity index (χ4v) is 2.35. The molecule has 0 saturated carbocycles. The Balaban J connectivity index is 2.02. The number of nitrogens with zero attached hydrogens (tertiary/aromatic N) is 2. The largest absolute Gasteiger partial charge is 0.351 e. The van der Waals surface area contributed by atoms with Crippen molar-refractivity contribution in [3.63, 3.8) is 0 Å². The molecule has 2 heterocycles. The van der Waals surface area contributed by atoms with Crippen LogP contribution in [-0.2, 0) is 6.54 Å². The average Bonchev–Trinajstić information content (AvgIpc) is 2.40. The third kappa shape index (κ3) is 3.47. The predicted octanol–water partition coefficient (Wildman–Crippen LogP) is 3.00. The van der Waals surface area contributed by atoms with Crippen LogP contribution in [0.15, 0.2) is 24.4 Å². The molecule has 0 radical (unpaired) electrons. The summed E-state index contributed by atoms with van der Waals surface area (Å²) in [4.78, 5) is 6.71. The fraction of sp³-hybridized carbons (Fsp3) is 0.500. The summed E-state index contributed by atoms with van der Waals surface area (Å²) in [6, 6.07) is 2.02. The molecule has 98 valence electrons. The first-order valence-corrected chi connectivity index (χ1v) is 6.94. The van der Waals surface area contributed by atoms with Crippen molar-refractivity contribution in [1.29, 1.82) is 0 Å². The summed E-state index contributed by atoms with van der Waals surface area (Å²) in [6.07, 6.45) is 8.49. The summed E-state index contributed by atoms with van der Waals surface area (Å²) >= 11 is 6.32. The number of pyridine rings is 1. The Morgan fingerprint density at radius 3 is 3.00 bits per heavy atom. The summed E-state index contributed by atoms with van der Waals surface area (Å²) in [5, 5.41) is 4.11. The lowest BCUT2D eigenvalue weighted by Crippen LogP contribution is -2.28. The molecule has 2 rings (SSSR count). The molecule has 4 heteroatoms. The number of hydrogen-bond acceptors (Lipinski definition) is 3. The van der Waals surface area contributed by atoms with E-state index in [0.29, 0.717) is 0 Å². The summed E-state index contributed by atoms with van der Waals surface area (Å²) < 4.78 is 0. The van der Waals surface area contributed by atoms with E-state index in [-0.39, 0.29) is 0 Å². The number of halogens is 1. The summed E-state index contributed by atoms with van der Waals surface area (Å²) in [6.45, 7) is 5.92. The molecule has 0 saturated heterocycles. The quantitative estimate of drug-likeness (QED) is 0.655. The molecule has 0 amide bonds. The van der Waals surface area contributed by atoms with Gasteiger partial charge in [0.2, 0.25) is 0 Å². The molecular formula is C14H20ClN3. The number of aromatic nitrogens is 1. The van der Waals surface area contributed by atoms with Gasteiger partial charge >= 0.3 is 0 Å². The molecule has 1 N–H and O–H groups in total. The Kier molecular flexibility index (Phi) is 5.02. The van der Waals surface area contributed by atoms with E-state index < -0.39 is 0 Å². The highest BCUT2D eigenvalue weighted by molar-refractivity contribution is 6.33. The SMILES string of the molecule is CCCNCc1cnc(N2CC=CCC2)c(Cl)c1. The Morgan fingerprint density at radius 1 is 1.44 bits per heavy atom. The molecule has 0 aromatic carbocycles. The maximum Gasteiger partial charge on any atom is 0.147 e. The van der Waals surface area contributed by atoms with Gasteiger partial charge in [-0.2, -0.15) is 0 Å². The van der Waals surface area contributed by atoms with Crippen molar-refractivity contribution in [3.8, 4) is 0 Å². The summed E-state index contributed by atoms with van der Waals surface area (Å²) in [5.41, 5.74) is 1.14. The second-order valence-electron chi connectivity index (χ2n) is 4.53. The maximum atomic E-state index is 6.32. The topological polar surface area (TPSA) is 28.2 Å². The highest BCUT2D eigenvalue weighted by atomic mass is 35.5. The van der Waals surface area contributed by atoms with Crippen molar-refractivity contribution in [1.82, 2.24) is 10.3 Å². The van der Waals surface area contributed by atoms with E-state index in [1.807, 2.05) is 12.3 Å². The van der Waals surface area contributed by atoms with Crippen LogP contribution < -0.4 is 10.2 Å². The molecule has 1 aromatic rings. The maximum absolute atomic E-state index is 6.32. The minimum Gasteiger partial charge on any atom is -0.351 e. The number of hydrogen-bond donors (Lipinski definition) is 1. The fourth-order valence-electron chi connectivity index (χ4n) is 2.04. The molecule has 0 aliphatic carbocycles. The van der Waals surface area contributed by atoms with Crippen LogP contribution in [0.2, 0.25) is 5.02 Å². The van der Waals surface area contributed by atoms with Gasteiger partial charge in [-0.05, 0) is 31.0 Å². The number of nitrogens with one attached hydrogen (secondary N) is 1. The van der Waals surface area contributed by atoms with E-state index in [0.717, 1.165) is 55.4 Å². The van der Waals surface area contributed by atoms with Gasteiger partial charge in [-0.1, -0.05) is 30.7 Å². The van der Waals surface area contributed by atoms with Crippen molar-refractivity contribution in [2.45, 2.75) is 26.3 Å². The van der Waals surface area contributed by atoms with E-state index in [1.165, 1.54) is 0 Å². The van der Waals surface area contributed by atoms with Crippen LogP contribution in [-0.4, -0.2) is 24.6 Å². The summed E-state index contributed by atoms with van der Waals surface area (Å²) in [7, 11) is 0. The van der Waals surface area contributed by atoms with Gasteiger partial charge in [0.1, 0.15) is 5.82 Å². The van der Waals surface area contributed by atoms with Crippen LogP contribution in [0.1, 0.15) is 25.3 Å². The summed E-state index contributed by atoms with van der Waals surface area (Å²) in [5.74, 6) is 0.903. The molecule has 1 aliphatic heterocycles. The van der Waals surface area contributed by atoms with Crippen molar-refractivity contribution in [3.05, 3.63) is 35.0 Å². The van der Waals surface area contributed by atoms with Gasteiger partial charge in [0.15, 0.2) is 0 Å². The third-order valence-corrected chi connectivity index (χ3v) is 3.27. The molecule has 0 unspecified atom stereocenters. The molecule has 1 aliphatic rings. The second kappa shape index (κ2) is 6.76. The number of anilines is 1. The first-order chi connectivity index (χ1) is 8.81. The first-order valence-electron chi connectivity index (χ1n) is 6.56. The van der Waals surface area contributed by atoms with Crippen LogP contribution in [0.5, 0.6) is 0 Å². The lowest BCUT2D eigenvalue weighted by molar-refractivity contribution is 0.673. The Bertz CT molecular complexity index is 418. The van der Waals surface area contributed by atoms with Gasteiger partial charge in [0, 0.05) is 25.8 Å². The second-order valence-corrected chi connectivity index (χ2v) is 4.94. The van der Waals surface area contributed by atoms with Gasteiger partial charge in [0.05, 0.1) is 5.02 Å². The molecule has 0 bridgehead atoms. The van der Waals surface area contributed by atoms with Gasteiger partial charge in [-0.15, -0.1) is 0 Å². The van der Waals surface area contributed by atoms with E-state index >= 15 is 0 Å². The average molecular weight is 266 g/mol. The van der Waals surface area contributed by atoms with Crippen LogP contribution in [0, 0.1) is 0 Å². The van der Waals surface area contributed by atoms with E-state index in [1.54, 1.807) is 0 Å². The zero-order chi connectivity index (χ0) is 12.8. The van der Waals surface area contributed by atoms with Gasteiger partial charge in [-0.3, -0.25) is 0 Å². The Hall–Kier alpha value is -1.06. The normalized spacial score (nSPS) is 15.1. The molecule has 1 aromatic heterocycles. The van der Waals surface area contributed by atoms with Gasteiger partial charge in [-0.25, -0.2) is 4.98 Å². The zero-order valence-corrected chi connectivity index (χ0v) is 11.6. The van der Waals surface area contributed by atoms with Crippen molar-refractivity contribution < 1.29 is 0 Å². The first kappa shape index (κ1) is 13.4. The van der Waals surface area contributed by atoms with Crippen LogP contribution in [0.3, 0.4) is 0 Å². The molecule has 0 spiro atoms. The highest BCUT2D eigenvalue weighted by Gasteiger charge is 2.12. The monoisotopic (exact) mass is 265 g/mol. The molecule has 18 heavy (non-hydrogen) atoms. The van der Waals surface area contributed by atoms with E-state index in [9.17, 15) is 0 Å². The van der Waals surface area contributed by atoms with Gasteiger partial charge < -0.3 is 10.2 Å². The Morgan fingerprint density at radius 2 is 2.33 bits per heavy atom. The minimum absolute atomic E-state index is 0.751. The van der Waals surface area contributed by atoms with Crippen molar-refractivity contribution >= 4 is 17.4 Å². The third-order valence-electron chi connectivity index (χ3n) is 2.99. The molecule has 0 atom stereocenters. The molecule has 0 fully saturated rings. The number of rotatable bonds is 5. The Labute approximate surface area is 114 Å². The molecular weight excluding hydrogens is 246 g/mol. The van der Waals surface area contributed by atoms with Crippen LogP contribution in [0.4, 0.5) is 5.82 Å². The smallest absolute Gasteiger partial charge is 0.147 e. The van der Waals surface area contributed by atoms with Crippen LogP contribution >= 0.6 is 11.6 Å². The standard InChI is InChI=1S/C14H20ClN3/c1-2-6-16-10-12-9-13(15)14(17-11-12)18-7-4-3-5-8-18/h3-4,9,11,16H,2,5-8,10H2,1H3. The van der Waals surface area contributed by atoms with Crippen molar-refractivity contribution in [2.75, 3.05) is 24.5 Å². The van der Waals surface area contributed by atoms with E-state index in [2.05, 4.69) is 34.3 Å². The van der Waals surface area contributed by atoms with Gasteiger partial charge in [0.25, 0.3) is 0 Å². The van der Waals surface area contributed by atoms with Crippen LogP contribution in [0.25, 0.3) is 0 Å². The van der Waals surface area contributed by atoms with E-state index in [4.69, 9.17) is 11.6 Å². The van der Waals surface area contributed by atoms with Crippen molar-refractivity contribution in [2.24, 2.45) is 0 Å². The highest BCUT2D eigenvalue weighted by Crippen LogP contribution is 2.25. The lowest BCUT2D eigenvalue weighted by Gasteiger charge is -2.25. The lowest BCUT2D eigenvalue weighted by atomic mass is 10.2. The minimum atomic E-state index is 0.751. The molecule has 3 nitrogen and oxygen atoms in total. The predicted molar refractivity (Wildman–Crippen MR) is 77.2 cm³/mol. The zero-order valence-electron chi connectivity index (χ0n) is 10.8.